The van der Waals surface area contributed by atoms with Gasteiger partial charge in [-0.25, -0.2) is 0 Å². The molecule has 0 atom stereocenters. The molecule has 1 saturated heterocycles. The lowest BCUT2D eigenvalue weighted by Crippen LogP contribution is -2.38. The summed E-state index contributed by atoms with van der Waals surface area (Å²) in [5.41, 5.74) is 4.28. The number of rotatable bonds is 8. The van der Waals surface area contributed by atoms with Crippen LogP contribution in [-0.4, -0.2) is 64.3 Å². The molecule has 33 heavy (non-hydrogen) atoms. The van der Waals surface area contributed by atoms with Crippen LogP contribution < -0.4 is 5.32 Å². The predicted octanol–water partition coefficient (Wildman–Crippen LogP) is 4.39. The first-order valence-electron chi connectivity index (χ1n) is 11.6. The largest absolute Gasteiger partial charge is 0.341 e. The topological polar surface area (TPSA) is 52.7 Å². The van der Waals surface area contributed by atoms with Crippen molar-refractivity contribution >= 4 is 45.7 Å². The molecule has 3 rings (SSSR count). The number of hydrogen-bond acceptors (Lipinski definition) is 5. The van der Waals surface area contributed by atoms with Gasteiger partial charge in [-0.1, -0.05) is 74.6 Å². The Morgan fingerprint density at radius 2 is 1.64 bits per heavy atom. The number of aryl methyl sites for hydroxylation is 2. The Bertz CT molecular complexity index is 943. The summed E-state index contributed by atoms with van der Waals surface area (Å²) < 4.78 is 0.746. The lowest BCUT2D eigenvalue weighted by molar-refractivity contribution is -0.128. The van der Waals surface area contributed by atoms with Crippen LogP contribution in [0.3, 0.4) is 0 Å². The van der Waals surface area contributed by atoms with E-state index in [0.29, 0.717) is 31.9 Å². The molecule has 0 bridgehead atoms. The molecule has 7 heteroatoms. The molecule has 1 aliphatic rings. The Kier molecular flexibility index (Phi) is 9.91. The minimum Gasteiger partial charge on any atom is -0.341 e. The third-order valence-corrected chi connectivity index (χ3v) is 7.39. The van der Waals surface area contributed by atoms with Crippen molar-refractivity contribution in [3.8, 4) is 0 Å². The fourth-order valence-electron chi connectivity index (χ4n) is 4.04. The van der Waals surface area contributed by atoms with Gasteiger partial charge >= 0.3 is 0 Å². The van der Waals surface area contributed by atoms with E-state index in [2.05, 4.69) is 42.3 Å². The second-order valence-electron chi connectivity index (χ2n) is 8.16. The second-order valence-corrected chi connectivity index (χ2v) is 9.81. The lowest BCUT2D eigenvalue weighted by atomic mass is 10.0. The van der Waals surface area contributed by atoms with E-state index in [1.165, 1.54) is 22.9 Å². The molecule has 176 valence electrons. The normalized spacial score (nSPS) is 14.5. The van der Waals surface area contributed by atoms with Crippen LogP contribution in [0.5, 0.6) is 0 Å². The Hall–Kier alpha value is -2.22. The zero-order valence-electron chi connectivity index (χ0n) is 19.5. The van der Waals surface area contributed by atoms with Crippen molar-refractivity contribution in [3.05, 3.63) is 65.2 Å². The van der Waals surface area contributed by atoms with Crippen LogP contribution in [0.15, 0.2) is 48.5 Å². The molecule has 0 unspecified atom stereocenters. The van der Waals surface area contributed by atoms with E-state index in [0.717, 1.165) is 41.3 Å². The molecule has 1 aliphatic heterocycles. The van der Waals surface area contributed by atoms with Crippen LogP contribution in [0.1, 0.15) is 37.0 Å². The standard InChI is InChI=1S/C26H33N3O2S2/c1-3-20-12-8-13-21(4-2)25(20)27-23(30)18-28-14-9-15-29(17-16-28)24(31)19-33-26(32)22-10-6-5-7-11-22/h5-8,10-13H,3-4,9,14-19H2,1-2H3,(H,27,30). The van der Waals surface area contributed by atoms with E-state index in [1.54, 1.807) is 0 Å². The maximum Gasteiger partial charge on any atom is 0.238 e. The number of carbonyl (C=O) groups is 2. The van der Waals surface area contributed by atoms with Crippen LogP contribution in [-0.2, 0) is 22.4 Å². The quantitative estimate of drug-likeness (QED) is 0.565. The highest BCUT2D eigenvalue weighted by Gasteiger charge is 2.21. The van der Waals surface area contributed by atoms with Crippen molar-refractivity contribution < 1.29 is 9.59 Å². The summed E-state index contributed by atoms with van der Waals surface area (Å²) in [6, 6.07) is 16.0. The zero-order chi connectivity index (χ0) is 23.6. The lowest BCUT2D eigenvalue weighted by Gasteiger charge is -2.22. The number of carbonyl (C=O) groups excluding carboxylic acids is 2. The maximum absolute atomic E-state index is 12.8. The highest BCUT2D eigenvalue weighted by Crippen LogP contribution is 2.22. The van der Waals surface area contributed by atoms with Crippen LogP contribution in [0.4, 0.5) is 5.69 Å². The summed E-state index contributed by atoms with van der Waals surface area (Å²) in [6.45, 7) is 7.41. The van der Waals surface area contributed by atoms with Gasteiger partial charge in [0.1, 0.15) is 0 Å². The Morgan fingerprint density at radius 3 is 2.30 bits per heavy atom. The number of benzene rings is 2. The van der Waals surface area contributed by atoms with Gasteiger partial charge in [0, 0.05) is 31.9 Å². The third kappa shape index (κ3) is 7.39. The molecule has 0 aliphatic carbocycles. The van der Waals surface area contributed by atoms with Gasteiger partial charge in [0.25, 0.3) is 0 Å². The Labute approximate surface area is 206 Å². The number of thiocarbonyl (C=S) groups is 1. The highest BCUT2D eigenvalue weighted by atomic mass is 32.2. The van der Waals surface area contributed by atoms with Gasteiger partial charge in [0.05, 0.1) is 16.5 Å². The van der Waals surface area contributed by atoms with Crippen molar-refractivity contribution in [3.63, 3.8) is 0 Å². The van der Waals surface area contributed by atoms with Gasteiger partial charge in [-0.3, -0.25) is 14.5 Å². The number of amides is 2. The SMILES string of the molecule is CCc1cccc(CC)c1NC(=O)CN1CCCN(C(=O)CSC(=S)c2ccccc2)CC1. The van der Waals surface area contributed by atoms with Gasteiger partial charge in [-0.15, -0.1) is 11.8 Å². The number of nitrogens with one attached hydrogen (secondary N) is 1. The van der Waals surface area contributed by atoms with Gasteiger partial charge in [-0.05, 0) is 36.0 Å². The van der Waals surface area contributed by atoms with E-state index in [-0.39, 0.29) is 11.8 Å². The minimum atomic E-state index is 0.00846. The van der Waals surface area contributed by atoms with E-state index >= 15 is 0 Å². The zero-order valence-corrected chi connectivity index (χ0v) is 21.1. The fraction of sp³-hybridized carbons (Fsp3) is 0.423. The maximum atomic E-state index is 12.8. The summed E-state index contributed by atoms with van der Waals surface area (Å²) in [5.74, 6) is 0.463. The fourth-order valence-corrected chi connectivity index (χ4v) is 5.09. The molecular formula is C26H33N3O2S2. The van der Waals surface area contributed by atoms with E-state index in [9.17, 15) is 9.59 Å². The molecule has 0 spiro atoms. The molecule has 1 heterocycles. The molecule has 0 aromatic heterocycles. The Balaban J connectivity index is 1.48. The van der Waals surface area contributed by atoms with Crippen molar-refractivity contribution in [2.75, 3.05) is 43.8 Å². The van der Waals surface area contributed by atoms with Crippen LogP contribution >= 0.6 is 24.0 Å². The number of nitrogens with zero attached hydrogens (tertiary/aromatic N) is 2. The van der Waals surface area contributed by atoms with Crippen LogP contribution in [0, 0.1) is 0 Å². The molecule has 2 aromatic rings. The van der Waals surface area contributed by atoms with Crippen molar-refractivity contribution in [2.45, 2.75) is 33.1 Å². The summed E-state index contributed by atoms with van der Waals surface area (Å²) in [5, 5.41) is 3.15. The highest BCUT2D eigenvalue weighted by molar-refractivity contribution is 8.24. The number of anilines is 1. The molecule has 2 amide bonds. The molecule has 1 N–H and O–H groups in total. The smallest absolute Gasteiger partial charge is 0.238 e. The van der Waals surface area contributed by atoms with Crippen molar-refractivity contribution in [2.24, 2.45) is 0 Å². The average Bonchev–Trinajstić information content (AvgIpc) is 3.08. The summed E-state index contributed by atoms with van der Waals surface area (Å²) in [7, 11) is 0. The van der Waals surface area contributed by atoms with E-state index < -0.39 is 0 Å². The number of thioether (sulfide) groups is 1. The van der Waals surface area contributed by atoms with E-state index in [1.807, 2.05) is 35.2 Å². The average molecular weight is 484 g/mol. The first-order valence-corrected chi connectivity index (χ1v) is 13.0. The second kappa shape index (κ2) is 12.9. The van der Waals surface area contributed by atoms with Crippen molar-refractivity contribution in [1.82, 2.24) is 9.80 Å². The Morgan fingerprint density at radius 1 is 0.939 bits per heavy atom. The van der Waals surface area contributed by atoms with Gasteiger partial charge in [-0.2, -0.15) is 0 Å². The van der Waals surface area contributed by atoms with Gasteiger partial charge in [0.2, 0.25) is 11.8 Å². The predicted molar refractivity (Wildman–Crippen MR) is 142 cm³/mol. The molecule has 1 fully saturated rings. The first-order chi connectivity index (χ1) is 16.0. The van der Waals surface area contributed by atoms with Crippen LogP contribution in [0.2, 0.25) is 0 Å². The molecule has 0 radical (unpaired) electrons. The summed E-state index contributed by atoms with van der Waals surface area (Å²) >= 11 is 6.88. The van der Waals surface area contributed by atoms with Gasteiger partial charge in [0.15, 0.2) is 0 Å². The minimum absolute atomic E-state index is 0.00846. The third-order valence-electron chi connectivity index (χ3n) is 5.91. The summed E-state index contributed by atoms with van der Waals surface area (Å²) in [6.07, 6.45) is 2.63. The van der Waals surface area contributed by atoms with Crippen LogP contribution in [0.25, 0.3) is 0 Å². The molecule has 5 nitrogen and oxygen atoms in total. The molecular weight excluding hydrogens is 450 g/mol. The number of para-hydroxylation sites is 1. The molecule has 0 saturated carbocycles. The van der Waals surface area contributed by atoms with Gasteiger partial charge < -0.3 is 10.2 Å². The monoisotopic (exact) mass is 483 g/mol. The van der Waals surface area contributed by atoms with Crippen molar-refractivity contribution in [1.29, 1.82) is 0 Å². The van der Waals surface area contributed by atoms with E-state index in [4.69, 9.17) is 12.2 Å². The first kappa shape index (κ1) is 25.4. The molecule has 2 aromatic carbocycles. The number of hydrogen-bond donors (Lipinski definition) is 1. The summed E-state index contributed by atoms with van der Waals surface area (Å²) in [4.78, 5) is 29.6.